The zero-order valence-electron chi connectivity index (χ0n) is 49.2. The first-order chi connectivity index (χ1) is 43.7. The number of aliphatic hydroxyl groups excluding tert-OH is 1. The normalized spacial score (nSPS) is 17.6. The van der Waals surface area contributed by atoms with Gasteiger partial charge in [-0.25, -0.2) is 19.2 Å². The molecule has 0 aliphatic carbocycles. The zero-order chi connectivity index (χ0) is 66.3. The third-order valence-electron chi connectivity index (χ3n) is 14.4. The molecule has 7 aromatic rings. The van der Waals surface area contributed by atoms with Gasteiger partial charge < -0.3 is 86.2 Å². The lowest BCUT2D eigenvalue weighted by atomic mass is 9.89. The van der Waals surface area contributed by atoms with Gasteiger partial charge in [-0.1, -0.05) is 102 Å². The van der Waals surface area contributed by atoms with Crippen LogP contribution < -0.4 is 41.4 Å². The minimum absolute atomic E-state index is 0.141. The van der Waals surface area contributed by atoms with Crippen LogP contribution in [0.5, 0.6) is 46.0 Å². The summed E-state index contributed by atoms with van der Waals surface area (Å²) in [4.78, 5) is 113. The summed E-state index contributed by atoms with van der Waals surface area (Å²) in [6, 6.07) is 20.9. The fourth-order valence-corrected chi connectivity index (χ4v) is 10.5. The number of methoxy groups -OCH3 is 1. The van der Waals surface area contributed by atoms with Gasteiger partial charge in [0.05, 0.1) is 17.2 Å². The van der Waals surface area contributed by atoms with Crippen molar-refractivity contribution in [1.29, 1.82) is 0 Å². The van der Waals surface area contributed by atoms with Crippen LogP contribution in [0.15, 0.2) is 140 Å². The molecule has 3 aliphatic heterocycles. The van der Waals surface area contributed by atoms with Gasteiger partial charge in [0.15, 0.2) is 17.5 Å². The van der Waals surface area contributed by atoms with Crippen LogP contribution in [-0.2, 0) is 62.4 Å². The molecule has 478 valence electrons. The molecule has 92 heavy (non-hydrogen) atoms. The van der Waals surface area contributed by atoms with E-state index in [1.165, 1.54) is 36.4 Å². The van der Waals surface area contributed by atoms with Gasteiger partial charge in [0.1, 0.15) is 77.3 Å². The Morgan fingerprint density at radius 1 is 0.641 bits per heavy atom. The Morgan fingerprint density at radius 3 is 1.98 bits per heavy atom. The Morgan fingerprint density at radius 2 is 1.32 bits per heavy atom. The minimum atomic E-state index is -2.12. The molecule has 6 amide bonds. The lowest BCUT2D eigenvalue weighted by molar-refractivity contribution is -0.146. The maximum absolute atomic E-state index is 15.7. The van der Waals surface area contributed by atoms with E-state index in [1.807, 2.05) is 0 Å². The van der Waals surface area contributed by atoms with Gasteiger partial charge in [-0.3, -0.25) is 19.2 Å². The Labute approximate surface area is 534 Å². The summed E-state index contributed by atoms with van der Waals surface area (Å²) in [6.45, 7) is 4.63. The van der Waals surface area contributed by atoms with E-state index in [-0.39, 0.29) is 79.9 Å². The van der Waals surface area contributed by atoms with Gasteiger partial charge >= 0.3 is 24.1 Å². The molecule has 0 aromatic heterocycles. The van der Waals surface area contributed by atoms with Gasteiger partial charge in [-0.2, -0.15) is 0 Å². The third kappa shape index (κ3) is 15.6. The minimum Gasteiger partial charge on any atom is -0.508 e. The second kappa shape index (κ2) is 28.0. The van der Waals surface area contributed by atoms with E-state index in [1.54, 1.807) is 81.4 Å². The first kappa shape index (κ1) is 65.7. The monoisotopic (exact) mass is 1300 g/mol. The van der Waals surface area contributed by atoms with Crippen molar-refractivity contribution in [3.05, 3.63) is 189 Å². The van der Waals surface area contributed by atoms with Crippen LogP contribution in [0.3, 0.4) is 0 Å². The molecule has 0 saturated heterocycles. The molecule has 0 spiro atoms. The van der Waals surface area contributed by atoms with E-state index < -0.39 is 130 Å². The van der Waals surface area contributed by atoms with Gasteiger partial charge in [0.25, 0.3) is 0 Å². The number of carboxylic acids is 1. The second-order valence-electron chi connectivity index (χ2n) is 22.2. The van der Waals surface area contributed by atoms with Crippen LogP contribution >= 0.6 is 23.2 Å². The van der Waals surface area contributed by atoms with Gasteiger partial charge in [0.2, 0.25) is 29.4 Å². The number of nitrogens with one attached hydrogen (secondary N) is 6. The van der Waals surface area contributed by atoms with Gasteiger partial charge in [-0.05, 0) is 109 Å². The summed E-state index contributed by atoms with van der Waals surface area (Å²) in [5.74, 6) is -11.7. The molecule has 0 radical (unpaired) electrons. The van der Waals surface area contributed by atoms with Crippen LogP contribution in [0.4, 0.5) is 9.59 Å². The highest BCUT2D eigenvalue weighted by Crippen LogP contribution is 2.47. The molecule has 10 rings (SSSR count). The number of carbonyl (C=O) groups excluding carboxylic acids is 7. The van der Waals surface area contributed by atoms with Crippen LogP contribution in [0.2, 0.25) is 10.0 Å². The molecule has 25 nitrogen and oxygen atoms in total. The highest BCUT2D eigenvalue weighted by atomic mass is 35.5. The number of benzene rings is 7. The molecular weight excluding hydrogens is 1240 g/mol. The van der Waals surface area contributed by atoms with E-state index in [0.717, 1.165) is 49.6 Å². The number of esters is 1. The number of alkyl carbamates (subject to hydrolysis) is 2. The Hall–Kier alpha value is -10.8. The first-order valence-corrected chi connectivity index (χ1v) is 28.9. The summed E-state index contributed by atoms with van der Waals surface area (Å²) in [6.07, 6.45) is -4.66. The Kier molecular flexibility index (Phi) is 20.0. The number of aliphatic hydroxyl groups is 1. The van der Waals surface area contributed by atoms with E-state index in [0.29, 0.717) is 11.1 Å². The third-order valence-corrected chi connectivity index (χ3v) is 15.0. The van der Waals surface area contributed by atoms with Crippen LogP contribution in [-0.4, -0.2) is 109 Å². The smallest absolute Gasteiger partial charge is 0.408 e. The molecule has 0 fully saturated rings. The fraction of sp³-hybridized carbons (Fsp3) is 0.231. The van der Waals surface area contributed by atoms with Crippen molar-refractivity contribution in [1.82, 2.24) is 31.9 Å². The molecule has 0 unspecified atom stereocenters. The summed E-state index contributed by atoms with van der Waals surface area (Å²) < 4.78 is 28.3. The Bertz CT molecular complexity index is 4020. The number of ether oxygens (including phenoxy) is 5. The number of fused-ring (bicyclic) bond motifs is 8. The quantitative estimate of drug-likeness (QED) is 0.0362. The molecule has 3 aliphatic rings. The molecule has 27 heteroatoms. The molecule has 12 N–H and O–H groups in total. The topological polar surface area (TPSA) is 376 Å². The number of amides is 6. The summed E-state index contributed by atoms with van der Waals surface area (Å²) in [7, 11) is 0.973. The predicted octanol–water partition coefficient (Wildman–Crippen LogP) is 8.02. The first-order valence-electron chi connectivity index (χ1n) is 28.1. The summed E-state index contributed by atoms with van der Waals surface area (Å²) in [5, 5.41) is 82.9. The van der Waals surface area contributed by atoms with Crippen molar-refractivity contribution >= 4 is 71.0 Å². The molecule has 0 saturated carbocycles. The highest BCUT2D eigenvalue weighted by Gasteiger charge is 2.41. The van der Waals surface area contributed by atoms with E-state index in [9.17, 15) is 54.6 Å². The molecular formula is C65H60Cl2N6O19. The standard InChI is InChI=1S/C65H60Cl2N6O19/c1-65(2,3)92-64(87)68-42(22-31-11-7-5-8-12-31)57(79)70-52-36-26-48(90-46-19-15-33(21-40(46)66)23-43(61(83)84)69-63(86)89-30-32-13-9-6-10-14-32)56(78)49(27-36)91-47-20-17-35(25-41(47)67)55(77)54-60(82)72-53(62(85)88-4)39-28-37(74)29-45(76)50(39)38-24-34(16-18-44(38)75)51(58(80)73-54)71-59(52)81/h5-21,24-29,42-43,51-55,74-78H,22-23,30H2,1-4H3,(H,68,87)(H,69,86)(H,70,79)(H,71,81)(H,72,82)(H,73,80)(H,83,84)/t42-,43+,51+,52+,53-,54-,55+/m0/s1. The van der Waals surface area contributed by atoms with E-state index in [4.69, 9.17) is 46.9 Å². The average Bonchev–Trinajstić information content (AvgIpc) is 0.778. The number of hydrogen-bond donors (Lipinski definition) is 12. The number of hydrogen-bond acceptors (Lipinski definition) is 18. The van der Waals surface area contributed by atoms with Crippen molar-refractivity contribution in [3.8, 4) is 57.1 Å². The van der Waals surface area contributed by atoms with Crippen molar-refractivity contribution in [2.45, 2.75) is 88.2 Å². The number of rotatable bonds is 14. The zero-order valence-corrected chi connectivity index (χ0v) is 50.7. The fourth-order valence-electron chi connectivity index (χ4n) is 10.0. The van der Waals surface area contributed by atoms with E-state index in [2.05, 4.69) is 31.9 Å². The SMILES string of the molecule is COC(=O)[C@H]1NC(=O)[C@H]2NC(=O)[C@H](NC(=O)[C@H](NC(=O)[C@H](Cc3ccccc3)NC(=O)OC(C)(C)C)c3cc(Oc4ccc(C[C@@H](NC(=O)OCc5ccccc5)C(=O)O)cc4Cl)c(O)c(c3)Oc3ccc(cc3Cl)[C@H]2O)c2ccc(O)c(c2)-c2c(O)cc(O)cc21. The Balaban J connectivity index is 1.19. The number of carbonyl (C=O) groups is 8. The average molecular weight is 1300 g/mol. The molecule has 8 bridgehead atoms. The number of carboxylic acid groups (broad SMARTS) is 1. The predicted molar refractivity (Wildman–Crippen MR) is 328 cm³/mol. The van der Waals surface area contributed by atoms with Crippen molar-refractivity contribution in [2.24, 2.45) is 0 Å². The number of halogens is 2. The maximum Gasteiger partial charge on any atom is 0.408 e. The number of phenolic OH excluding ortho intramolecular Hbond substituents is 4. The molecule has 7 aromatic carbocycles. The van der Waals surface area contributed by atoms with Crippen molar-refractivity contribution in [2.75, 3.05) is 7.11 Å². The van der Waals surface area contributed by atoms with Gasteiger partial charge in [0, 0.05) is 35.6 Å². The maximum atomic E-state index is 15.7. The van der Waals surface area contributed by atoms with Crippen LogP contribution in [0.1, 0.15) is 83.9 Å². The number of aromatic hydroxyl groups is 4. The van der Waals surface area contributed by atoms with Crippen molar-refractivity contribution < 1.29 is 92.7 Å². The van der Waals surface area contributed by atoms with Crippen LogP contribution in [0, 0.1) is 0 Å². The van der Waals surface area contributed by atoms with Crippen molar-refractivity contribution in [3.63, 3.8) is 0 Å². The number of aliphatic carboxylic acids is 1. The lowest BCUT2D eigenvalue weighted by Gasteiger charge is -2.31. The highest BCUT2D eigenvalue weighted by molar-refractivity contribution is 6.32. The van der Waals surface area contributed by atoms with Crippen LogP contribution in [0.25, 0.3) is 11.1 Å². The number of phenols is 4. The lowest BCUT2D eigenvalue weighted by Crippen LogP contribution is -2.55. The summed E-state index contributed by atoms with van der Waals surface area (Å²) in [5.41, 5.74) is -1.35. The second-order valence-corrected chi connectivity index (χ2v) is 23.0. The largest absolute Gasteiger partial charge is 0.508 e. The van der Waals surface area contributed by atoms with Gasteiger partial charge in [-0.15, -0.1) is 0 Å². The molecule has 7 atom stereocenters. The molecule has 3 heterocycles. The summed E-state index contributed by atoms with van der Waals surface area (Å²) >= 11 is 13.7. The van der Waals surface area contributed by atoms with E-state index >= 15 is 14.4 Å².